The van der Waals surface area contributed by atoms with Gasteiger partial charge in [-0.2, -0.15) is 0 Å². The number of nitrogens with one attached hydrogen (secondary N) is 1. The summed E-state index contributed by atoms with van der Waals surface area (Å²) in [4.78, 5) is 20.2. The summed E-state index contributed by atoms with van der Waals surface area (Å²) in [6, 6.07) is 17.1. The Balaban J connectivity index is 1.90. The molecule has 142 valence electrons. The van der Waals surface area contributed by atoms with Gasteiger partial charge in [-0.1, -0.05) is 55.3 Å². The molecule has 28 heavy (non-hydrogen) atoms. The van der Waals surface area contributed by atoms with Crippen molar-refractivity contribution in [3.63, 3.8) is 0 Å². The van der Waals surface area contributed by atoms with Crippen LogP contribution in [0.2, 0.25) is 0 Å². The Morgan fingerprint density at radius 3 is 2.54 bits per heavy atom. The third kappa shape index (κ3) is 4.50. The summed E-state index contributed by atoms with van der Waals surface area (Å²) < 4.78 is 3.21. The number of hydrogen-bond acceptors (Lipinski definition) is 6. The Kier molecular flexibility index (Phi) is 6.29. The predicted molar refractivity (Wildman–Crippen MR) is 118 cm³/mol. The molecule has 0 aliphatic heterocycles. The lowest BCUT2D eigenvalue weighted by Crippen LogP contribution is -2.19. The van der Waals surface area contributed by atoms with E-state index in [1.54, 1.807) is 18.1 Å². The van der Waals surface area contributed by atoms with E-state index in [0.29, 0.717) is 17.7 Å². The second kappa shape index (κ2) is 9.05. The Labute approximate surface area is 167 Å². The molecule has 0 fully saturated rings. The Morgan fingerprint density at radius 2 is 1.86 bits per heavy atom. The average Bonchev–Trinajstić information content (AvgIpc) is 2.73. The average molecular weight is 392 g/mol. The fourth-order valence-corrected chi connectivity index (χ4v) is 3.05. The van der Waals surface area contributed by atoms with Gasteiger partial charge in [-0.25, -0.2) is 9.98 Å². The van der Waals surface area contributed by atoms with Gasteiger partial charge in [0.05, 0.1) is 11.3 Å². The highest BCUT2D eigenvalue weighted by molar-refractivity contribution is 8.00. The summed E-state index contributed by atoms with van der Waals surface area (Å²) in [6.07, 6.45) is 2.34. The number of aromatic nitrogens is 1. The molecule has 0 saturated carbocycles. The van der Waals surface area contributed by atoms with Crippen LogP contribution in [0.25, 0.3) is 16.5 Å². The summed E-state index contributed by atoms with van der Waals surface area (Å²) in [5.74, 6) is 1.40. The second-order valence-corrected chi connectivity index (χ2v) is 7.01. The number of rotatable bonds is 7. The van der Waals surface area contributed by atoms with E-state index in [1.807, 2.05) is 54.6 Å². The minimum absolute atomic E-state index is 0.0269. The van der Waals surface area contributed by atoms with Crippen LogP contribution in [0.15, 0.2) is 71.4 Å². The van der Waals surface area contributed by atoms with Crippen LogP contribution >= 0.6 is 11.9 Å². The fourth-order valence-electron chi connectivity index (χ4n) is 2.61. The molecule has 2 aromatic carbocycles. The highest BCUT2D eigenvalue weighted by Crippen LogP contribution is 2.21. The molecule has 6 nitrogen and oxygen atoms in total. The fraction of sp³-hybridized carbons (Fsp3) is 0.0952. The van der Waals surface area contributed by atoms with Crippen molar-refractivity contribution in [2.45, 2.75) is 6.92 Å². The molecule has 0 unspecified atom stereocenters. The van der Waals surface area contributed by atoms with Crippen molar-refractivity contribution in [2.24, 2.45) is 16.5 Å². The summed E-state index contributed by atoms with van der Waals surface area (Å²) >= 11 is 1.60. The maximum absolute atomic E-state index is 11.6. The van der Waals surface area contributed by atoms with Gasteiger partial charge in [-0.3, -0.25) is 4.79 Å². The lowest BCUT2D eigenvalue weighted by molar-refractivity contribution is -0.104. The number of pyridine rings is 1. The predicted octanol–water partition coefficient (Wildman–Crippen LogP) is 3.87. The third-order valence-corrected chi connectivity index (χ3v) is 4.73. The molecule has 0 spiro atoms. The van der Waals surface area contributed by atoms with Crippen molar-refractivity contribution in [1.29, 1.82) is 0 Å². The highest BCUT2D eigenvalue weighted by atomic mass is 32.2. The molecule has 3 aromatic rings. The summed E-state index contributed by atoms with van der Waals surface area (Å²) in [5, 5.41) is 1.99. The molecule has 3 rings (SSSR count). The van der Waals surface area contributed by atoms with Crippen molar-refractivity contribution >= 4 is 52.0 Å². The van der Waals surface area contributed by atoms with E-state index in [-0.39, 0.29) is 17.1 Å². The van der Waals surface area contributed by atoms with Crippen molar-refractivity contribution in [3.05, 3.63) is 71.9 Å². The van der Waals surface area contributed by atoms with E-state index in [4.69, 9.17) is 11.5 Å². The summed E-state index contributed by atoms with van der Waals surface area (Å²) in [7, 11) is 0. The first-order chi connectivity index (χ1) is 13.6. The zero-order valence-corrected chi connectivity index (χ0v) is 16.2. The number of aliphatic imine (C=N–C) groups is 1. The smallest absolute Gasteiger partial charge is 0.155 e. The van der Waals surface area contributed by atoms with Crippen LogP contribution in [0.4, 0.5) is 11.5 Å². The lowest BCUT2D eigenvalue weighted by Gasteiger charge is -2.09. The normalized spacial score (nSPS) is 12.5. The van der Waals surface area contributed by atoms with Gasteiger partial charge in [0.25, 0.3) is 0 Å². The van der Waals surface area contributed by atoms with Crippen LogP contribution in [0.3, 0.4) is 0 Å². The number of hydrogen-bond donors (Lipinski definition) is 3. The molecule has 0 aliphatic carbocycles. The summed E-state index contributed by atoms with van der Waals surface area (Å²) in [5.41, 5.74) is 14.3. The van der Waals surface area contributed by atoms with Crippen molar-refractivity contribution in [1.82, 2.24) is 4.98 Å². The first-order valence-electron chi connectivity index (χ1n) is 8.75. The zero-order chi connectivity index (χ0) is 19.9. The van der Waals surface area contributed by atoms with Gasteiger partial charge in [0.2, 0.25) is 0 Å². The zero-order valence-electron chi connectivity index (χ0n) is 15.4. The number of nitrogens with two attached hydrogens (primary N) is 2. The first kappa shape index (κ1) is 19.4. The monoisotopic (exact) mass is 391 g/mol. The number of fused-ring (bicyclic) bond motifs is 1. The van der Waals surface area contributed by atoms with Crippen molar-refractivity contribution in [2.75, 3.05) is 10.5 Å². The Hall–Kier alpha value is -3.32. The van der Waals surface area contributed by atoms with Gasteiger partial charge in [0.15, 0.2) is 12.1 Å². The molecule has 5 N–H and O–H groups in total. The lowest BCUT2D eigenvalue weighted by atomic mass is 10.1. The van der Waals surface area contributed by atoms with Crippen LogP contribution in [-0.4, -0.2) is 22.9 Å². The number of nitrogens with zero attached hydrogens (tertiary/aromatic N) is 2. The van der Waals surface area contributed by atoms with Gasteiger partial charge >= 0.3 is 0 Å². The highest BCUT2D eigenvalue weighted by Gasteiger charge is 2.11. The molecule has 7 heteroatoms. The number of carbonyl (C=O) groups is 1. The minimum Gasteiger partial charge on any atom is -0.398 e. The molecule has 1 heterocycles. The van der Waals surface area contributed by atoms with E-state index < -0.39 is 0 Å². The van der Waals surface area contributed by atoms with E-state index in [1.165, 1.54) is 0 Å². The van der Waals surface area contributed by atoms with E-state index in [9.17, 15) is 4.79 Å². The summed E-state index contributed by atoms with van der Waals surface area (Å²) in [6.45, 7) is 2.07. The number of carbonyl (C=O) groups excluding carboxylic acids is 1. The molecular weight excluding hydrogens is 370 g/mol. The minimum atomic E-state index is 0.0269. The second-order valence-electron chi connectivity index (χ2n) is 5.94. The maximum atomic E-state index is 11.6. The van der Waals surface area contributed by atoms with Gasteiger partial charge < -0.3 is 16.2 Å². The van der Waals surface area contributed by atoms with Crippen LogP contribution in [0.5, 0.6) is 0 Å². The van der Waals surface area contributed by atoms with Gasteiger partial charge in [0, 0.05) is 23.0 Å². The van der Waals surface area contributed by atoms with Gasteiger partial charge in [0.1, 0.15) is 5.84 Å². The van der Waals surface area contributed by atoms with Crippen LogP contribution < -0.4 is 16.2 Å². The molecule has 0 radical (unpaired) electrons. The number of aldehydes is 1. The standard InChI is InChI=1S/C21H21N5OS/c1-2-28-26-17-9-7-14(8-10-17)20(22)18(13-27)21(23)25-19-11-15-5-3-4-6-16(15)12-24-19/h3-13,26H,2,22H2,1H3,(H2,23,24,25). The molecule has 0 bridgehead atoms. The number of anilines is 1. The molecule has 0 atom stereocenters. The maximum Gasteiger partial charge on any atom is 0.155 e. The largest absolute Gasteiger partial charge is 0.398 e. The Morgan fingerprint density at radius 1 is 1.14 bits per heavy atom. The quantitative estimate of drug-likeness (QED) is 0.186. The van der Waals surface area contributed by atoms with Crippen molar-refractivity contribution in [3.8, 4) is 0 Å². The Bertz CT molecular complexity index is 1040. The van der Waals surface area contributed by atoms with Gasteiger partial charge in [-0.15, -0.1) is 0 Å². The van der Waals surface area contributed by atoms with Crippen molar-refractivity contribution < 1.29 is 4.79 Å². The van der Waals surface area contributed by atoms with E-state index in [2.05, 4.69) is 21.6 Å². The van der Waals surface area contributed by atoms with Gasteiger partial charge in [-0.05, 0) is 29.1 Å². The topological polar surface area (TPSA) is 106 Å². The molecule has 0 amide bonds. The molecule has 0 aliphatic rings. The first-order valence-corrected chi connectivity index (χ1v) is 9.73. The molecular formula is C21H21N5OS. The van der Waals surface area contributed by atoms with E-state index >= 15 is 0 Å². The van der Waals surface area contributed by atoms with Crippen LogP contribution in [-0.2, 0) is 4.79 Å². The number of benzene rings is 2. The van der Waals surface area contributed by atoms with Crippen LogP contribution in [0, 0.1) is 0 Å². The molecule has 1 aromatic heterocycles. The molecule has 0 saturated heterocycles. The third-order valence-electron chi connectivity index (χ3n) is 4.07. The van der Waals surface area contributed by atoms with E-state index in [0.717, 1.165) is 22.2 Å². The number of amidine groups is 1. The SMILES string of the molecule is CCSNc1ccc(C(N)=C(C=O)C(N)=Nc2cc3ccccc3cn2)cc1. The van der Waals surface area contributed by atoms with Crippen LogP contribution in [0.1, 0.15) is 12.5 Å².